The Bertz CT molecular complexity index is 164. The first kappa shape index (κ1) is 10.9. The van der Waals surface area contributed by atoms with Gasteiger partial charge in [-0.3, -0.25) is 9.59 Å². The van der Waals surface area contributed by atoms with Crippen molar-refractivity contribution in [2.45, 2.75) is 39.2 Å². The van der Waals surface area contributed by atoms with Crippen molar-refractivity contribution >= 4 is 11.9 Å². The van der Waals surface area contributed by atoms with Crippen LogP contribution in [-0.4, -0.2) is 23.1 Å². The number of carboxylic acids is 1. The van der Waals surface area contributed by atoms with Crippen LogP contribution in [0.15, 0.2) is 0 Å². The van der Waals surface area contributed by atoms with Crippen molar-refractivity contribution in [3.63, 3.8) is 0 Å². The highest BCUT2D eigenvalue weighted by atomic mass is 16.5. The van der Waals surface area contributed by atoms with E-state index in [2.05, 4.69) is 0 Å². The maximum Gasteiger partial charge on any atom is 0.303 e. The van der Waals surface area contributed by atoms with Crippen molar-refractivity contribution < 1.29 is 19.4 Å². The minimum Gasteiger partial charge on any atom is -0.481 e. The number of esters is 1. The normalized spacial score (nSPS) is 12.2. The minimum absolute atomic E-state index is 0.131. The zero-order valence-corrected chi connectivity index (χ0v) is 7.37. The molecule has 4 nitrogen and oxygen atoms in total. The third-order valence-corrected chi connectivity index (χ3v) is 1.37. The summed E-state index contributed by atoms with van der Waals surface area (Å²) in [6.07, 6.45) is 1.10. The maximum atomic E-state index is 10.4. The summed E-state index contributed by atoms with van der Waals surface area (Å²) in [7, 11) is 0. The Hall–Kier alpha value is -1.06. The molecule has 0 bridgehead atoms. The van der Waals surface area contributed by atoms with Crippen molar-refractivity contribution in [3.05, 3.63) is 0 Å². The molecule has 0 unspecified atom stereocenters. The SMILES string of the molecule is CC(=O)O[C@H](C)CCCC(=O)O. The minimum atomic E-state index is -0.815. The number of hydrogen-bond acceptors (Lipinski definition) is 3. The number of aliphatic carboxylic acids is 1. The highest BCUT2D eigenvalue weighted by Gasteiger charge is 2.05. The third-order valence-electron chi connectivity index (χ3n) is 1.37. The van der Waals surface area contributed by atoms with Crippen LogP contribution in [0.3, 0.4) is 0 Å². The largest absolute Gasteiger partial charge is 0.481 e. The van der Waals surface area contributed by atoms with E-state index in [0.717, 1.165) is 0 Å². The topological polar surface area (TPSA) is 63.6 Å². The van der Waals surface area contributed by atoms with Gasteiger partial charge in [-0.15, -0.1) is 0 Å². The lowest BCUT2D eigenvalue weighted by Gasteiger charge is -2.09. The Morgan fingerprint density at radius 1 is 1.50 bits per heavy atom. The zero-order valence-electron chi connectivity index (χ0n) is 7.37. The van der Waals surface area contributed by atoms with Crippen LogP contribution in [-0.2, 0) is 14.3 Å². The fourth-order valence-corrected chi connectivity index (χ4v) is 0.883. The molecule has 0 aliphatic rings. The lowest BCUT2D eigenvalue weighted by molar-refractivity contribution is -0.145. The van der Waals surface area contributed by atoms with E-state index < -0.39 is 5.97 Å². The molecule has 0 radical (unpaired) electrons. The molecule has 12 heavy (non-hydrogen) atoms. The highest BCUT2D eigenvalue weighted by Crippen LogP contribution is 2.04. The van der Waals surface area contributed by atoms with Gasteiger partial charge in [0.25, 0.3) is 0 Å². The first-order valence-electron chi connectivity index (χ1n) is 3.91. The molecule has 0 rings (SSSR count). The second-order valence-electron chi connectivity index (χ2n) is 2.71. The summed E-state index contributed by atoms with van der Waals surface area (Å²) >= 11 is 0. The van der Waals surface area contributed by atoms with E-state index in [-0.39, 0.29) is 18.5 Å². The third kappa shape index (κ3) is 7.05. The van der Waals surface area contributed by atoms with Crippen LogP contribution < -0.4 is 0 Å². The Morgan fingerprint density at radius 2 is 2.08 bits per heavy atom. The van der Waals surface area contributed by atoms with Crippen LogP contribution >= 0.6 is 0 Å². The zero-order chi connectivity index (χ0) is 9.56. The molecule has 0 aromatic carbocycles. The number of rotatable bonds is 5. The maximum absolute atomic E-state index is 10.4. The van der Waals surface area contributed by atoms with Gasteiger partial charge in [0.15, 0.2) is 0 Å². The van der Waals surface area contributed by atoms with Crippen LogP contribution in [0.25, 0.3) is 0 Å². The molecule has 0 heterocycles. The quantitative estimate of drug-likeness (QED) is 0.636. The molecule has 70 valence electrons. The molecule has 0 spiro atoms. The summed E-state index contributed by atoms with van der Waals surface area (Å²) in [6.45, 7) is 3.09. The lowest BCUT2D eigenvalue weighted by Crippen LogP contribution is -2.12. The van der Waals surface area contributed by atoms with Gasteiger partial charge in [0.05, 0.1) is 6.10 Å². The second-order valence-corrected chi connectivity index (χ2v) is 2.71. The molecule has 0 aliphatic carbocycles. The average Bonchev–Trinajstić information content (AvgIpc) is 1.84. The standard InChI is InChI=1S/C8H14O4/c1-6(12-7(2)9)4-3-5-8(10)11/h6H,3-5H2,1-2H3,(H,10,11)/t6-/m1/s1. The number of carbonyl (C=O) groups excluding carboxylic acids is 1. The van der Waals surface area contributed by atoms with Gasteiger partial charge in [-0.25, -0.2) is 0 Å². The van der Waals surface area contributed by atoms with Gasteiger partial charge in [0.2, 0.25) is 0 Å². The monoisotopic (exact) mass is 174 g/mol. The van der Waals surface area contributed by atoms with Crippen molar-refractivity contribution in [3.8, 4) is 0 Å². The van der Waals surface area contributed by atoms with Gasteiger partial charge in [-0.05, 0) is 19.8 Å². The van der Waals surface area contributed by atoms with Crippen LogP contribution in [0.1, 0.15) is 33.1 Å². The Kier molecular flexibility index (Phi) is 5.08. The van der Waals surface area contributed by atoms with Crippen LogP contribution in [0, 0.1) is 0 Å². The molecular weight excluding hydrogens is 160 g/mol. The molecule has 0 fully saturated rings. The van der Waals surface area contributed by atoms with E-state index in [4.69, 9.17) is 9.84 Å². The van der Waals surface area contributed by atoms with Gasteiger partial charge >= 0.3 is 11.9 Å². The van der Waals surface area contributed by atoms with E-state index >= 15 is 0 Å². The fourth-order valence-electron chi connectivity index (χ4n) is 0.883. The lowest BCUT2D eigenvalue weighted by atomic mass is 10.2. The molecular formula is C8H14O4. The van der Waals surface area contributed by atoms with Gasteiger partial charge < -0.3 is 9.84 Å². The molecule has 0 aliphatic heterocycles. The first-order chi connectivity index (χ1) is 5.52. The second kappa shape index (κ2) is 5.57. The predicted molar refractivity (Wildman–Crippen MR) is 42.7 cm³/mol. The smallest absolute Gasteiger partial charge is 0.303 e. The summed E-state index contributed by atoms with van der Waals surface area (Å²) in [5, 5.41) is 8.30. The molecule has 4 heteroatoms. The Morgan fingerprint density at radius 3 is 2.50 bits per heavy atom. The average molecular weight is 174 g/mol. The van der Waals surface area contributed by atoms with E-state index in [1.54, 1.807) is 6.92 Å². The molecule has 1 atom stereocenters. The molecule has 0 amide bonds. The van der Waals surface area contributed by atoms with E-state index in [1.807, 2.05) is 0 Å². The number of carbonyl (C=O) groups is 2. The number of ether oxygens (including phenoxy) is 1. The molecule has 0 aromatic heterocycles. The highest BCUT2D eigenvalue weighted by molar-refractivity contribution is 5.66. The van der Waals surface area contributed by atoms with Crippen molar-refractivity contribution in [2.75, 3.05) is 0 Å². The fraction of sp³-hybridized carbons (Fsp3) is 0.750. The van der Waals surface area contributed by atoms with E-state index in [1.165, 1.54) is 6.92 Å². The summed E-state index contributed by atoms with van der Waals surface area (Å²) in [5.74, 6) is -1.14. The summed E-state index contributed by atoms with van der Waals surface area (Å²) in [5.41, 5.74) is 0. The van der Waals surface area contributed by atoms with E-state index in [0.29, 0.717) is 12.8 Å². The number of carboxylic acid groups (broad SMARTS) is 1. The van der Waals surface area contributed by atoms with Gasteiger partial charge in [0, 0.05) is 13.3 Å². The van der Waals surface area contributed by atoms with Gasteiger partial charge in [-0.1, -0.05) is 0 Å². The van der Waals surface area contributed by atoms with Crippen LogP contribution in [0.4, 0.5) is 0 Å². The molecule has 0 aromatic rings. The summed E-state index contributed by atoms with van der Waals surface area (Å²) in [6, 6.07) is 0. The first-order valence-corrected chi connectivity index (χ1v) is 3.91. The van der Waals surface area contributed by atoms with Gasteiger partial charge in [-0.2, -0.15) is 0 Å². The van der Waals surface area contributed by atoms with Crippen molar-refractivity contribution in [2.24, 2.45) is 0 Å². The van der Waals surface area contributed by atoms with Crippen molar-refractivity contribution in [1.29, 1.82) is 0 Å². The predicted octanol–water partition coefficient (Wildman–Crippen LogP) is 1.19. The van der Waals surface area contributed by atoms with E-state index in [9.17, 15) is 9.59 Å². The van der Waals surface area contributed by atoms with Crippen molar-refractivity contribution in [1.82, 2.24) is 0 Å². The summed E-state index contributed by atoms with van der Waals surface area (Å²) < 4.78 is 4.80. The summed E-state index contributed by atoms with van der Waals surface area (Å²) in [4.78, 5) is 20.5. The molecule has 0 saturated carbocycles. The van der Waals surface area contributed by atoms with Crippen LogP contribution in [0.2, 0.25) is 0 Å². The Labute approximate surface area is 71.5 Å². The van der Waals surface area contributed by atoms with Gasteiger partial charge in [0.1, 0.15) is 0 Å². The molecule has 0 saturated heterocycles. The number of hydrogen-bond donors (Lipinski definition) is 1. The van der Waals surface area contributed by atoms with Crippen LogP contribution in [0.5, 0.6) is 0 Å². The molecule has 1 N–H and O–H groups in total. The Balaban J connectivity index is 3.37.